The van der Waals surface area contributed by atoms with E-state index in [0.29, 0.717) is 17.0 Å². The molecule has 5 rings (SSSR count). The molecule has 3 aliphatic carbocycles. The summed E-state index contributed by atoms with van der Waals surface area (Å²) in [5.41, 5.74) is 2.21. The zero-order valence-corrected chi connectivity index (χ0v) is 24.6. The minimum absolute atomic E-state index is 0.00371. The first-order valence-corrected chi connectivity index (χ1v) is 13.8. The number of oxime groups is 1. The van der Waals surface area contributed by atoms with Crippen LogP contribution in [-0.4, -0.2) is 102 Å². The molecule has 0 bridgehead atoms. The number of hydrogen-bond donors (Lipinski definition) is 5. The fourth-order valence-corrected chi connectivity index (χ4v) is 7.33. The number of anilines is 1. The number of aliphatic hydroxyl groups excluding tert-OH is 1. The molecule has 13 nitrogen and oxygen atoms in total. The number of furan rings is 1. The number of carbonyl (C=O) groups is 3. The van der Waals surface area contributed by atoms with Gasteiger partial charge in [-0.05, 0) is 56.6 Å². The van der Waals surface area contributed by atoms with Gasteiger partial charge in [-0.25, -0.2) is 0 Å². The van der Waals surface area contributed by atoms with E-state index in [1.165, 1.54) is 13.3 Å². The Hall–Kier alpha value is -4.20. The van der Waals surface area contributed by atoms with Crippen LogP contribution in [0.5, 0.6) is 5.75 Å². The van der Waals surface area contributed by atoms with Crippen LogP contribution in [0.3, 0.4) is 0 Å². The van der Waals surface area contributed by atoms with Gasteiger partial charge in [-0.2, -0.15) is 0 Å². The number of aromatic hydroxyl groups is 1. The fourth-order valence-electron chi connectivity index (χ4n) is 7.33. The number of rotatable bonds is 7. The number of benzene rings is 1. The lowest BCUT2D eigenvalue weighted by atomic mass is 9.53. The van der Waals surface area contributed by atoms with Crippen LogP contribution in [-0.2, 0) is 25.6 Å². The molecule has 13 heteroatoms. The summed E-state index contributed by atoms with van der Waals surface area (Å²) >= 11 is 0. The largest absolute Gasteiger partial charge is 0.507 e. The molecule has 43 heavy (non-hydrogen) atoms. The normalized spacial score (nSPS) is 28.6. The molecule has 6 N–H and O–H groups in total. The Morgan fingerprint density at radius 3 is 2.51 bits per heavy atom. The number of hydrogen-bond acceptors (Lipinski definition) is 12. The molecule has 2 unspecified atom stereocenters. The molecule has 1 aromatic heterocycles. The number of ketones is 2. The highest BCUT2D eigenvalue weighted by molar-refractivity contribution is 6.21. The second-order valence-electron chi connectivity index (χ2n) is 12.0. The molecule has 2 saturated carbocycles. The van der Waals surface area contributed by atoms with Crippen LogP contribution in [0.1, 0.15) is 36.1 Å². The molecule has 0 aliphatic heterocycles. The molecular weight excluding hydrogens is 560 g/mol. The van der Waals surface area contributed by atoms with E-state index in [0.717, 1.165) is 0 Å². The van der Waals surface area contributed by atoms with Crippen LogP contribution in [0, 0.1) is 11.8 Å². The first-order valence-electron chi connectivity index (χ1n) is 13.8. The van der Waals surface area contributed by atoms with E-state index in [-0.39, 0.29) is 41.1 Å². The average molecular weight is 597 g/mol. The van der Waals surface area contributed by atoms with Crippen molar-refractivity contribution in [3.8, 4) is 17.1 Å². The third-order valence-corrected chi connectivity index (χ3v) is 8.92. The molecular formula is C30H36N4O9. The zero-order valence-electron chi connectivity index (χ0n) is 24.6. The summed E-state index contributed by atoms with van der Waals surface area (Å²) in [6.07, 6.45) is 0.352. The molecule has 2 fully saturated rings. The highest BCUT2D eigenvalue weighted by atomic mass is 16.6. The highest BCUT2D eigenvalue weighted by Crippen LogP contribution is 2.55. The van der Waals surface area contributed by atoms with Crippen molar-refractivity contribution >= 4 is 35.1 Å². The van der Waals surface area contributed by atoms with Gasteiger partial charge in [0.1, 0.15) is 36.4 Å². The fraction of sp³-hybridized carbons (Fsp3) is 0.467. The van der Waals surface area contributed by atoms with Crippen molar-refractivity contribution in [3.63, 3.8) is 0 Å². The Morgan fingerprint density at radius 2 is 1.91 bits per heavy atom. The Kier molecular flexibility index (Phi) is 7.39. The molecule has 2 aromatic rings. The molecule has 1 heterocycles. The summed E-state index contributed by atoms with van der Waals surface area (Å²) in [5, 5.41) is 50.2. The van der Waals surface area contributed by atoms with Crippen molar-refractivity contribution in [3.05, 3.63) is 40.7 Å². The first-order chi connectivity index (χ1) is 20.1. The van der Waals surface area contributed by atoms with E-state index in [1.54, 1.807) is 56.2 Å². The van der Waals surface area contributed by atoms with Crippen molar-refractivity contribution < 1.29 is 44.1 Å². The Morgan fingerprint density at radius 1 is 1.21 bits per heavy atom. The van der Waals surface area contributed by atoms with Crippen molar-refractivity contribution in [1.82, 2.24) is 4.90 Å². The van der Waals surface area contributed by atoms with E-state index in [1.807, 2.05) is 0 Å². The quantitative estimate of drug-likeness (QED) is 0.173. The molecule has 230 valence electrons. The summed E-state index contributed by atoms with van der Waals surface area (Å²) in [5.74, 6) is -4.80. The number of Topliss-reactive ketones (excluding diaryl/α,β-unsaturated/α-hetero) is 2. The number of aliphatic hydroxyl groups is 3. The van der Waals surface area contributed by atoms with Crippen LogP contribution in [0.25, 0.3) is 17.1 Å². The number of nitrogens with zero attached hydrogens (tertiary/aromatic N) is 3. The van der Waals surface area contributed by atoms with E-state index in [4.69, 9.17) is 10.2 Å². The van der Waals surface area contributed by atoms with E-state index < -0.39 is 65.2 Å². The van der Waals surface area contributed by atoms with E-state index >= 15 is 0 Å². The van der Waals surface area contributed by atoms with Crippen molar-refractivity contribution in [2.24, 2.45) is 22.7 Å². The predicted molar refractivity (Wildman–Crippen MR) is 155 cm³/mol. The summed E-state index contributed by atoms with van der Waals surface area (Å²) in [6, 6.07) is 3.97. The maximum Gasteiger partial charge on any atom is 0.220 e. The van der Waals surface area contributed by atoms with Gasteiger partial charge >= 0.3 is 0 Å². The maximum atomic E-state index is 14.1. The molecule has 3 aliphatic rings. The number of nitrogens with two attached hydrogens (primary N) is 1. The van der Waals surface area contributed by atoms with Gasteiger partial charge in [-0.15, -0.1) is 0 Å². The number of primary amides is 1. The number of phenols is 1. The van der Waals surface area contributed by atoms with Gasteiger partial charge < -0.3 is 45.2 Å². The standard InChI is InChI=1S/C30H36N4O9/c1-33(2)19-10-17(20-7-6-15(43-20)13-32-42-5)25(37)24-16(19)8-14-9-18-27(34(3)4)29(40,12-22(31)36)11-21(35)30(18,41)28(39)23(14)26(24)38/h6-7,10,13-14,18,27,37-38,40-41H,8-9,11-12H2,1-5H3,(H2,31,36)/b32-13+/t14-,18-,27?,29?,30+/m0/s1. The molecule has 1 aromatic carbocycles. The van der Waals surface area contributed by atoms with Gasteiger partial charge in [-0.1, -0.05) is 5.16 Å². The van der Waals surface area contributed by atoms with Crippen LogP contribution >= 0.6 is 0 Å². The first kappa shape index (κ1) is 30.3. The van der Waals surface area contributed by atoms with Crippen LogP contribution in [0.15, 0.2) is 33.3 Å². The molecule has 0 saturated heterocycles. The van der Waals surface area contributed by atoms with Gasteiger partial charge in [-0.3, -0.25) is 14.4 Å². The summed E-state index contributed by atoms with van der Waals surface area (Å²) < 4.78 is 5.80. The number of likely N-dealkylation sites (N-methyl/N-ethyl adjacent to an activating group) is 1. The van der Waals surface area contributed by atoms with Crippen LogP contribution in [0.4, 0.5) is 5.69 Å². The van der Waals surface area contributed by atoms with Crippen LogP contribution < -0.4 is 10.6 Å². The van der Waals surface area contributed by atoms with E-state index in [2.05, 4.69) is 9.99 Å². The Balaban J connectivity index is 1.67. The lowest BCUT2D eigenvalue weighted by molar-refractivity contribution is -0.189. The predicted octanol–water partition coefficient (Wildman–Crippen LogP) is 0.970. The maximum absolute atomic E-state index is 14.1. The van der Waals surface area contributed by atoms with Gasteiger partial charge in [0, 0.05) is 43.7 Å². The second kappa shape index (κ2) is 10.5. The van der Waals surface area contributed by atoms with E-state index in [9.17, 15) is 34.8 Å². The number of amides is 1. The third kappa shape index (κ3) is 4.58. The van der Waals surface area contributed by atoms with Gasteiger partial charge in [0.25, 0.3) is 0 Å². The topological polar surface area (TPSA) is 199 Å². The zero-order chi connectivity index (χ0) is 31.6. The van der Waals surface area contributed by atoms with Gasteiger partial charge in [0.2, 0.25) is 11.7 Å². The SMILES string of the molecule is CO/N=C/c1ccc(-c2cc(N(C)C)c3c(c2O)C(O)=C2C(=O)[C@]4(O)C(=O)CC(O)(CC(N)=O)C(N(C)C)[C@@H]4C[C@@H]2C3)o1. The smallest absolute Gasteiger partial charge is 0.220 e. The number of carbonyl (C=O) groups excluding carboxylic acids is 3. The summed E-state index contributed by atoms with van der Waals surface area (Å²) in [4.78, 5) is 47.6. The minimum atomic E-state index is -2.57. The third-order valence-electron chi connectivity index (χ3n) is 8.92. The summed E-state index contributed by atoms with van der Waals surface area (Å²) in [7, 11) is 8.23. The lowest BCUT2D eigenvalue weighted by Gasteiger charge is -2.56. The van der Waals surface area contributed by atoms with Gasteiger partial charge in [0.15, 0.2) is 11.4 Å². The highest BCUT2D eigenvalue weighted by Gasteiger charge is 2.67. The lowest BCUT2D eigenvalue weighted by Crippen LogP contribution is -2.73. The number of phenolic OH excluding ortho intramolecular Hbond substituents is 1. The molecule has 0 radical (unpaired) electrons. The molecule has 5 atom stereocenters. The average Bonchev–Trinajstić information content (AvgIpc) is 3.37. The Labute approximate surface area is 247 Å². The summed E-state index contributed by atoms with van der Waals surface area (Å²) in [6.45, 7) is 0. The number of fused-ring (bicyclic) bond motifs is 3. The molecule has 0 spiro atoms. The monoisotopic (exact) mass is 596 g/mol. The van der Waals surface area contributed by atoms with Crippen molar-refractivity contribution in [2.75, 3.05) is 40.2 Å². The van der Waals surface area contributed by atoms with Crippen LogP contribution in [0.2, 0.25) is 0 Å². The minimum Gasteiger partial charge on any atom is -0.507 e. The van der Waals surface area contributed by atoms with Crippen molar-refractivity contribution in [2.45, 2.75) is 42.9 Å². The Bertz CT molecular complexity index is 1580. The van der Waals surface area contributed by atoms with Gasteiger partial charge in [0.05, 0.1) is 23.1 Å². The van der Waals surface area contributed by atoms with Crippen molar-refractivity contribution in [1.29, 1.82) is 0 Å². The molecule has 1 amide bonds. The second-order valence-corrected chi connectivity index (χ2v) is 12.0.